The van der Waals surface area contributed by atoms with E-state index >= 15 is 0 Å². The van der Waals surface area contributed by atoms with Crippen LogP contribution >= 0.6 is 27.3 Å². The molecule has 0 fully saturated rings. The minimum Gasteiger partial charge on any atom is -0.375 e. The highest BCUT2D eigenvalue weighted by molar-refractivity contribution is 9.10. The predicted molar refractivity (Wildman–Crippen MR) is 60.2 cm³/mol. The highest BCUT2D eigenvalue weighted by Gasteiger charge is 2.59. The quantitative estimate of drug-likeness (QED) is 0.900. The fourth-order valence-electron chi connectivity index (χ4n) is 1.41. The van der Waals surface area contributed by atoms with Crippen LogP contribution in [0.25, 0.3) is 0 Å². The normalized spacial score (nSPS) is 18.2. The first-order valence-electron chi connectivity index (χ1n) is 4.52. The third kappa shape index (κ3) is 2.13. The summed E-state index contributed by atoms with van der Waals surface area (Å²) in [6.07, 6.45) is -4.77. The third-order valence-corrected chi connectivity index (χ3v) is 4.14. The Morgan fingerprint density at radius 2 is 2.06 bits per heavy atom. The minimum absolute atomic E-state index is 0.0261. The molecule has 0 saturated carbocycles. The van der Waals surface area contributed by atoms with Gasteiger partial charge in [0, 0.05) is 21.5 Å². The van der Waals surface area contributed by atoms with Crippen molar-refractivity contribution in [2.24, 2.45) is 5.73 Å². The molecule has 0 saturated heterocycles. The Bertz CT molecular complexity index is 368. The Kier molecular flexibility index (Phi) is 4.04. The Morgan fingerprint density at radius 1 is 1.50 bits per heavy atom. The van der Waals surface area contributed by atoms with Gasteiger partial charge in [0.1, 0.15) is 0 Å². The monoisotopic (exact) mass is 317 g/mol. The summed E-state index contributed by atoms with van der Waals surface area (Å²) in [5, 5.41) is 12.6. The fraction of sp³-hybridized carbons (Fsp3) is 0.556. The molecule has 92 valence electrons. The number of hydrogen-bond acceptors (Lipinski definition) is 3. The molecule has 0 spiro atoms. The lowest BCUT2D eigenvalue weighted by molar-refractivity contribution is -0.274. The van der Waals surface area contributed by atoms with Crippen molar-refractivity contribution in [2.75, 3.05) is 0 Å². The highest BCUT2D eigenvalue weighted by Crippen LogP contribution is 2.45. The molecule has 3 N–H and O–H groups in total. The van der Waals surface area contributed by atoms with Crippen molar-refractivity contribution in [3.8, 4) is 0 Å². The van der Waals surface area contributed by atoms with Crippen LogP contribution in [0.5, 0.6) is 0 Å². The van der Waals surface area contributed by atoms with Gasteiger partial charge in [-0.3, -0.25) is 0 Å². The van der Waals surface area contributed by atoms with Crippen molar-refractivity contribution in [3.63, 3.8) is 0 Å². The van der Waals surface area contributed by atoms with Crippen LogP contribution in [-0.4, -0.2) is 17.3 Å². The van der Waals surface area contributed by atoms with Crippen molar-refractivity contribution in [1.82, 2.24) is 0 Å². The first-order chi connectivity index (χ1) is 7.25. The second-order valence-corrected chi connectivity index (χ2v) is 5.01. The minimum atomic E-state index is -4.80. The zero-order chi connectivity index (χ0) is 12.6. The van der Waals surface area contributed by atoms with Crippen LogP contribution < -0.4 is 5.73 Å². The molecule has 2 unspecified atom stereocenters. The maximum Gasteiger partial charge on any atom is 0.423 e. The molecule has 0 bridgehead atoms. The number of alkyl halides is 3. The van der Waals surface area contributed by atoms with Gasteiger partial charge in [-0.2, -0.15) is 24.5 Å². The second-order valence-electron chi connectivity index (χ2n) is 3.41. The van der Waals surface area contributed by atoms with E-state index in [0.29, 0.717) is 0 Å². The van der Waals surface area contributed by atoms with E-state index < -0.39 is 17.8 Å². The molecule has 1 aromatic rings. The number of nitrogens with two attached hydrogens (primary N) is 1. The van der Waals surface area contributed by atoms with Gasteiger partial charge >= 0.3 is 6.18 Å². The number of halogens is 4. The van der Waals surface area contributed by atoms with Gasteiger partial charge in [-0.05, 0) is 27.7 Å². The highest BCUT2D eigenvalue weighted by atomic mass is 79.9. The van der Waals surface area contributed by atoms with Gasteiger partial charge < -0.3 is 10.8 Å². The number of hydrogen-bond donors (Lipinski definition) is 2. The van der Waals surface area contributed by atoms with E-state index in [1.165, 1.54) is 17.7 Å². The van der Waals surface area contributed by atoms with Crippen molar-refractivity contribution in [3.05, 3.63) is 20.8 Å². The fourth-order valence-corrected chi connectivity index (χ4v) is 3.06. The summed E-state index contributed by atoms with van der Waals surface area (Å²) < 4.78 is 39.0. The van der Waals surface area contributed by atoms with Gasteiger partial charge in [-0.15, -0.1) is 0 Å². The number of thiophene rings is 1. The van der Waals surface area contributed by atoms with Crippen LogP contribution in [0, 0.1) is 0 Å². The van der Waals surface area contributed by atoms with Crippen molar-refractivity contribution in [2.45, 2.75) is 31.2 Å². The van der Waals surface area contributed by atoms with Gasteiger partial charge in [0.05, 0.1) is 0 Å². The molecule has 1 rings (SSSR count). The molecule has 7 heteroatoms. The second kappa shape index (κ2) is 4.64. The molecule has 0 aliphatic heterocycles. The summed E-state index contributed by atoms with van der Waals surface area (Å²) >= 11 is 4.06. The molecule has 0 radical (unpaired) electrons. The van der Waals surface area contributed by atoms with Crippen LogP contribution in [0.3, 0.4) is 0 Å². The lowest BCUT2D eigenvalue weighted by Crippen LogP contribution is -2.55. The van der Waals surface area contributed by atoms with E-state index in [1.807, 2.05) is 0 Å². The molecule has 1 heterocycles. The van der Waals surface area contributed by atoms with Gasteiger partial charge in [-0.25, -0.2) is 0 Å². The number of rotatable bonds is 3. The summed E-state index contributed by atoms with van der Waals surface area (Å²) in [5.41, 5.74) is 2.19. The molecule has 2 nitrogen and oxygen atoms in total. The standard InChI is InChI=1S/C9H11BrF3NOS/c1-2-7(14)8(15,9(11,12)13)5-3-16-4-6(5)10/h3-4,7,15H,2,14H2,1H3. The van der Waals surface area contributed by atoms with Gasteiger partial charge in [-0.1, -0.05) is 6.92 Å². The average molecular weight is 318 g/mol. The molecule has 2 atom stereocenters. The van der Waals surface area contributed by atoms with E-state index in [0.717, 1.165) is 11.3 Å². The molecule has 0 aromatic carbocycles. The molecular weight excluding hydrogens is 307 g/mol. The van der Waals surface area contributed by atoms with Crippen LogP contribution in [0.4, 0.5) is 13.2 Å². The van der Waals surface area contributed by atoms with Gasteiger partial charge in [0.2, 0.25) is 5.60 Å². The molecule has 1 aromatic heterocycles. The molecule has 0 amide bonds. The Hall–Kier alpha value is -0.110. The first kappa shape index (κ1) is 14.0. The van der Waals surface area contributed by atoms with Crippen molar-refractivity contribution < 1.29 is 18.3 Å². The zero-order valence-electron chi connectivity index (χ0n) is 8.38. The van der Waals surface area contributed by atoms with E-state index in [1.54, 1.807) is 0 Å². The zero-order valence-corrected chi connectivity index (χ0v) is 10.8. The van der Waals surface area contributed by atoms with Gasteiger partial charge in [0.15, 0.2) is 0 Å². The number of aliphatic hydroxyl groups is 1. The lowest BCUT2D eigenvalue weighted by Gasteiger charge is -2.35. The maximum absolute atomic E-state index is 12.9. The van der Waals surface area contributed by atoms with Crippen LogP contribution in [0.15, 0.2) is 15.2 Å². The van der Waals surface area contributed by atoms with Gasteiger partial charge in [0.25, 0.3) is 0 Å². The molecule has 0 aliphatic rings. The third-order valence-electron chi connectivity index (χ3n) is 2.43. The van der Waals surface area contributed by atoms with E-state index in [9.17, 15) is 18.3 Å². The summed E-state index contributed by atoms with van der Waals surface area (Å²) in [4.78, 5) is 0. The van der Waals surface area contributed by atoms with Crippen molar-refractivity contribution in [1.29, 1.82) is 0 Å². The summed E-state index contributed by atoms with van der Waals surface area (Å²) in [6.45, 7) is 1.50. The Morgan fingerprint density at radius 3 is 2.38 bits per heavy atom. The Labute approximate surface area is 103 Å². The molecule has 0 aliphatic carbocycles. The van der Waals surface area contributed by atoms with E-state index in [2.05, 4.69) is 15.9 Å². The summed E-state index contributed by atoms with van der Waals surface area (Å²) in [7, 11) is 0. The van der Waals surface area contributed by atoms with Crippen LogP contribution in [-0.2, 0) is 5.60 Å². The first-order valence-corrected chi connectivity index (χ1v) is 6.25. The van der Waals surface area contributed by atoms with Crippen molar-refractivity contribution >= 4 is 27.3 Å². The predicted octanol–water partition coefficient (Wildman–Crippen LogP) is 3.00. The maximum atomic E-state index is 12.9. The molecular formula is C9H11BrF3NOS. The topological polar surface area (TPSA) is 46.2 Å². The Balaban J connectivity index is 3.32. The molecule has 16 heavy (non-hydrogen) atoms. The SMILES string of the molecule is CCC(N)C(O)(c1cscc1Br)C(F)(F)F. The summed E-state index contributed by atoms with van der Waals surface area (Å²) in [6, 6.07) is -1.39. The largest absolute Gasteiger partial charge is 0.423 e. The average Bonchev–Trinajstić information content (AvgIpc) is 2.60. The van der Waals surface area contributed by atoms with Crippen LogP contribution in [0.2, 0.25) is 0 Å². The van der Waals surface area contributed by atoms with E-state index in [-0.39, 0.29) is 16.5 Å². The lowest BCUT2D eigenvalue weighted by atomic mass is 9.86. The smallest absolute Gasteiger partial charge is 0.375 e. The summed E-state index contributed by atoms with van der Waals surface area (Å²) in [5.74, 6) is 0. The van der Waals surface area contributed by atoms with E-state index in [4.69, 9.17) is 5.73 Å². The van der Waals surface area contributed by atoms with Crippen LogP contribution in [0.1, 0.15) is 18.9 Å².